The van der Waals surface area contributed by atoms with Crippen molar-refractivity contribution in [3.8, 4) is 27.9 Å². The van der Waals surface area contributed by atoms with E-state index in [2.05, 4.69) is 269 Å². The molecule has 0 spiro atoms. The van der Waals surface area contributed by atoms with Crippen molar-refractivity contribution in [1.29, 1.82) is 0 Å². The van der Waals surface area contributed by atoms with Gasteiger partial charge in [0.05, 0.1) is 11.0 Å². The van der Waals surface area contributed by atoms with Gasteiger partial charge in [0.1, 0.15) is 0 Å². The molecule has 302 valence electrons. The fourth-order valence-electron chi connectivity index (χ4n) is 9.97. The Bertz CT molecular complexity index is 3350. The Morgan fingerprint density at radius 2 is 0.812 bits per heavy atom. The summed E-state index contributed by atoms with van der Waals surface area (Å²) in [7, 11) is 0. The van der Waals surface area contributed by atoms with E-state index in [1.165, 1.54) is 60.8 Å². The summed E-state index contributed by atoms with van der Waals surface area (Å²) in [6, 6.07) is 92.5. The number of para-hydroxylation sites is 5. The highest BCUT2D eigenvalue weighted by Crippen LogP contribution is 2.50. The number of rotatable bonds is 9. The Morgan fingerprint density at radius 3 is 1.45 bits per heavy atom. The highest BCUT2D eigenvalue weighted by molar-refractivity contribution is 6.10. The summed E-state index contributed by atoms with van der Waals surface area (Å²) in [5, 5.41) is 2.47. The van der Waals surface area contributed by atoms with Crippen molar-refractivity contribution in [3.05, 3.63) is 271 Å². The van der Waals surface area contributed by atoms with Crippen molar-refractivity contribution >= 4 is 55.9 Å². The average Bonchev–Trinajstić information content (AvgIpc) is 3.88. The molecule has 0 saturated carbocycles. The molecular formula is C61H43N3. The second kappa shape index (κ2) is 15.8. The van der Waals surface area contributed by atoms with Gasteiger partial charge in [0.15, 0.2) is 0 Å². The van der Waals surface area contributed by atoms with E-state index in [1.54, 1.807) is 0 Å². The minimum atomic E-state index is 0.0944. The Kier molecular flexibility index (Phi) is 9.23. The second-order valence-electron chi connectivity index (χ2n) is 16.5. The van der Waals surface area contributed by atoms with Gasteiger partial charge in [-0.3, -0.25) is 0 Å². The summed E-state index contributed by atoms with van der Waals surface area (Å²) in [4.78, 5) is 4.70. The summed E-state index contributed by atoms with van der Waals surface area (Å²) in [6.45, 7) is 0. The molecule has 0 fully saturated rings. The van der Waals surface area contributed by atoms with E-state index in [4.69, 9.17) is 0 Å². The number of hydrogen-bond donors (Lipinski definition) is 0. The van der Waals surface area contributed by atoms with Crippen molar-refractivity contribution in [3.63, 3.8) is 0 Å². The first kappa shape index (κ1) is 37.4. The Balaban J connectivity index is 0.933. The Morgan fingerprint density at radius 1 is 0.297 bits per heavy atom. The zero-order valence-electron chi connectivity index (χ0n) is 35.2. The molecule has 1 unspecified atom stereocenters. The summed E-state index contributed by atoms with van der Waals surface area (Å²) in [5.41, 5.74) is 19.2. The van der Waals surface area contributed by atoms with E-state index in [1.807, 2.05) is 0 Å². The molecule has 64 heavy (non-hydrogen) atoms. The molecule has 1 aliphatic carbocycles. The van der Waals surface area contributed by atoms with Crippen LogP contribution in [0, 0.1) is 0 Å². The fourth-order valence-corrected chi connectivity index (χ4v) is 9.97. The molecule has 11 aromatic rings. The maximum Gasteiger partial charge on any atom is 0.0561 e. The van der Waals surface area contributed by atoms with E-state index in [-0.39, 0.29) is 5.92 Å². The van der Waals surface area contributed by atoms with E-state index in [0.29, 0.717) is 0 Å². The predicted octanol–water partition coefficient (Wildman–Crippen LogP) is 16.6. The van der Waals surface area contributed by atoms with Gasteiger partial charge in [-0.1, -0.05) is 164 Å². The molecule has 10 aromatic carbocycles. The summed E-state index contributed by atoms with van der Waals surface area (Å²) in [6.07, 6.45) is 0. The molecule has 0 saturated heterocycles. The fraction of sp³-hybridized carbons (Fsp3) is 0.0164. The summed E-state index contributed by atoms with van der Waals surface area (Å²) >= 11 is 0. The van der Waals surface area contributed by atoms with Gasteiger partial charge >= 0.3 is 0 Å². The van der Waals surface area contributed by atoms with Gasteiger partial charge in [0.25, 0.3) is 0 Å². The van der Waals surface area contributed by atoms with E-state index in [0.717, 1.165) is 39.8 Å². The molecule has 1 aliphatic rings. The largest absolute Gasteiger partial charge is 0.310 e. The highest BCUT2D eigenvalue weighted by Gasteiger charge is 2.31. The van der Waals surface area contributed by atoms with Gasteiger partial charge in [-0.2, -0.15) is 0 Å². The van der Waals surface area contributed by atoms with Gasteiger partial charge in [0, 0.05) is 56.5 Å². The van der Waals surface area contributed by atoms with Crippen LogP contribution in [0.3, 0.4) is 0 Å². The average molecular weight is 818 g/mol. The van der Waals surface area contributed by atoms with Crippen molar-refractivity contribution in [2.75, 3.05) is 9.80 Å². The number of anilines is 6. The Hall–Kier alpha value is -8.40. The van der Waals surface area contributed by atoms with Crippen molar-refractivity contribution < 1.29 is 0 Å². The van der Waals surface area contributed by atoms with Crippen LogP contribution in [0.1, 0.15) is 22.6 Å². The standard InChI is InChI=1S/C61H43N3/c1-5-20-46(21-6-1)62(47-22-7-2-8-23-47)51-36-38-54-53-28-13-14-30-57(53)61(58(54)41-51)45-19-17-18-44(40-45)43-32-34-50(35-33-43)64-59-31-16-15-29-55(59)56-39-37-52(42-60(56)64)63(48-24-9-3-10-25-48)49-26-11-4-12-27-49/h1-42,61H. The molecule has 0 aliphatic heterocycles. The van der Waals surface area contributed by atoms with E-state index < -0.39 is 0 Å². The molecule has 0 N–H and O–H groups in total. The molecule has 0 amide bonds. The lowest BCUT2D eigenvalue weighted by molar-refractivity contribution is 1.01. The van der Waals surface area contributed by atoms with E-state index >= 15 is 0 Å². The van der Waals surface area contributed by atoms with Crippen molar-refractivity contribution in [2.45, 2.75) is 5.92 Å². The van der Waals surface area contributed by atoms with Crippen molar-refractivity contribution in [2.24, 2.45) is 0 Å². The zero-order valence-corrected chi connectivity index (χ0v) is 35.2. The highest BCUT2D eigenvalue weighted by atomic mass is 15.1. The molecular weight excluding hydrogens is 775 g/mol. The monoisotopic (exact) mass is 817 g/mol. The van der Waals surface area contributed by atoms with Crippen LogP contribution < -0.4 is 9.80 Å². The quantitative estimate of drug-likeness (QED) is 0.144. The number of aromatic nitrogens is 1. The van der Waals surface area contributed by atoms with Crippen LogP contribution in [0.2, 0.25) is 0 Å². The maximum absolute atomic E-state index is 2.42. The molecule has 12 rings (SSSR count). The van der Waals surface area contributed by atoms with Crippen LogP contribution >= 0.6 is 0 Å². The third-order valence-electron chi connectivity index (χ3n) is 12.8. The number of hydrogen-bond acceptors (Lipinski definition) is 2. The smallest absolute Gasteiger partial charge is 0.0561 e. The van der Waals surface area contributed by atoms with Crippen molar-refractivity contribution in [1.82, 2.24) is 4.57 Å². The van der Waals surface area contributed by atoms with Gasteiger partial charge < -0.3 is 14.4 Å². The Labute approximate surface area is 374 Å². The molecule has 1 heterocycles. The molecule has 1 atom stereocenters. The number of nitrogens with zero attached hydrogens (tertiary/aromatic N) is 3. The van der Waals surface area contributed by atoms with Crippen LogP contribution in [0.4, 0.5) is 34.1 Å². The predicted molar refractivity (Wildman–Crippen MR) is 268 cm³/mol. The number of benzene rings is 10. The van der Waals surface area contributed by atoms with Crippen LogP contribution in [0.5, 0.6) is 0 Å². The topological polar surface area (TPSA) is 11.4 Å². The van der Waals surface area contributed by atoms with Gasteiger partial charge in [-0.05, 0) is 130 Å². The third kappa shape index (κ3) is 6.45. The second-order valence-corrected chi connectivity index (χ2v) is 16.5. The summed E-state index contributed by atoms with van der Waals surface area (Å²) in [5.74, 6) is 0.0944. The normalized spacial score (nSPS) is 12.8. The lowest BCUT2D eigenvalue weighted by Crippen LogP contribution is -2.10. The first-order valence-electron chi connectivity index (χ1n) is 22.0. The SMILES string of the molecule is c1ccc(N(c2ccccc2)c2ccc3c(c2)C(c2cccc(-c4ccc(-n5c6ccccc6c6ccc(N(c7ccccc7)c7ccccc7)cc65)cc4)c2)c2ccccc2-3)cc1. The van der Waals surface area contributed by atoms with Crippen LogP contribution in [-0.4, -0.2) is 4.57 Å². The lowest BCUT2D eigenvalue weighted by Gasteiger charge is -2.26. The zero-order chi connectivity index (χ0) is 42.4. The summed E-state index contributed by atoms with van der Waals surface area (Å²) < 4.78 is 2.42. The van der Waals surface area contributed by atoms with Gasteiger partial charge in [-0.25, -0.2) is 0 Å². The first-order valence-corrected chi connectivity index (χ1v) is 22.0. The van der Waals surface area contributed by atoms with Gasteiger partial charge in [-0.15, -0.1) is 0 Å². The first-order chi connectivity index (χ1) is 31.8. The molecule has 3 heteroatoms. The van der Waals surface area contributed by atoms with Crippen LogP contribution in [-0.2, 0) is 0 Å². The molecule has 0 bridgehead atoms. The lowest BCUT2D eigenvalue weighted by atomic mass is 9.87. The third-order valence-corrected chi connectivity index (χ3v) is 12.8. The van der Waals surface area contributed by atoms with Crippen LogP contribution in [0.15, 0.2) is 255 Å². The maximum atomic E-state index is 2.42. The minimum Gasteiger partial charge on any atom is -0.310 e. The van der Waals surface area contributed by atoms with E-state index in [9.17, 15) is 0 Å². The molecule has 1 aromatic heterocycles. The van der Waals surface area contributed by atoms with Gasteiger partial charge in [0.2, 0.25) is 0 Å². The molecule has 3 nitrogen and oxygen atoms in total. The minimum absolute atomic E-state index is 0.0944. The van der Waals surface area contributed by atoms with Crippen LogP contribution in [0.25, 0.3) is 49.7 Å². The molecule has 0 radical (unpaired) electrons. The number of fused-ring (bicyclic) bond motifs is 6.